The molecule has 8 heteroatoms. The van der Waals surface area contributed by atoms with Gasteiger partial charge in [0.25, 0.3) is 0 Å². The van der Waals surface area contributed by atoms with Crippen LogP contribution in [0, 0.1) is 0 Å². The molecule has 2 heterocycles. The van der Waals surface area contributed by atoms with E-state index in [0.29, 0.717) is 10.2 Å². The summed E-state index contributed by atoms with van der Waals surface area (Å²) < 4.78 is 1.86. The maximum absolute atomic E-state index is 6.50. The van der Waals surface area contributed by atoms with Gasteiger partial charge >= 0.3 is 0 Å². The Morgan fingerprint density at radius 1 is 1.18 bits per heavy atom. The summed E-state index contributed by atoms with van der Waals surface area (Å²) in [6, 6.07) is 7.72. The zero-order valence-corrected chi connectivity index (χ0v) is 13.9. The minimum atomic E-state index is 0.259. The molecule has 0 fully saturated rings. The summed E-state index contributed by atoms with van der Waals surface area (Å²) in [5.74, 6) is 0. The number of rotatable bonds is 4. The molecular formula is C14H11Cl2N5S. The number of nitrogens with zero attached hydrogens (tertiary/aromatic N) is 5. The van der Waals surface area contributed by atoms with Crippen LogP contribution in [0.5, 0.6) is 0 Å². The Kier molecular flexibility index (Phi) is 4.61. The van der Waals surface area contributed by atoms with Gasteiger partial charge in [0.2, 0.25) is 5.16 Å². The molecule has 3 aromatic rings. The number of hydrogen-bond donors (Lipinski definition) is 0. The minimum Gasteiger partial charge on any atom is -0.272 e. The maximum atomic E-state index is 6.50. The van der Waals surface area contributed by atoms with E-state index in [9.17, 15) is 0 Å². The van der Waals surface area contributed by atoms with Crippen LogP contribution in [0.3, 0.4) is 0 Å². The fraction of sp³-hybridized carbons (Fsp3) is 0.143. The molecule has 0 bridgehead atoms. The Morgan fingerprint density at radius 3 is 2.73 bits per heavy atom. The highest BCUT2D eigenvalue weighted by Crippen LogP contribution is 2.37. The molecule has 0 saturated heterocycles. The highest BCUT2D eigenvalue weighted by Gasteiger charge is 2.12. The number of hydrogen-bond acceptors (Lipinski definition) is 5. The predicted octanol–water partition coefficient (Wildman–Crippen LogP) is 4.21. The van der Waals surface area contributed by atoms with Crippen LogP contribution in [0.2, 0.25) is 10.2 Å². The van der Waals surface area contributed by atoms with Crippen LogP contribution >= 0.6 is 35.0 Å². The largest absolute Gasteiger partial charge is 0.272 e. The quantitative estimate of drug-likeness (QED) is 0.704. The van der Waals surface area contributed by atoms with Crippen LogP contribution in [0.1, 0.15) is 6.92 Å². The van der Waals surface area contributed by atoms with Gasteiger partial charge in [-0.25, -0.2) is 4.98 Å². The van der Waals surface area contributed by atoms with Crippen LogP contribution in [-0.2, 0) is 6.54 Å². The van der Waals surface area contributed by atoms with E-state index in [0.717, 1.165) is 22.7 Å². The van der Waals surface area contributed by atoms with Crippen LogP contribution in [0.4, 0.5) is 0 Å². The van der Waals surface area contributed by atoms with Crippen molar-refractivity contribution >= 4 is 35.0 Å². The fourth-order valence-corrected chi connectivity index (χ4v) is 3.02. The average Bonchev–Trinajstić information content (AvgIpc) is 3.00. The highest BCUT2D eigenvalue weighted by atomic mass is 35.5. The van der Waals surface area contributed by atoms with E-state index in [1.807, 2.05) is 42.1 Å². The zero-order chi connectivity index (χ0) is 15.5. The van der Waals surface area contributed by atoms with Crippen molar-refractivity contribution in [3.05, 3.63) is 46.8 Å². The van der Waals surface area contributed by atoms with Crippen LogP contribution in [-0.4, -0.2) is 25.0 Å². The molecule has 0 aliphatic heterocycles. The van der Waals surface area contributed by atoms with Gasteiger partial charge in [-0.05, 0) is 30.8 Å². The Hall–Kier alpha value is -1.63. The van der Waals surface area contributed by atoms with E-state index in [4.69, 9.17) is 23.2 Å². The summed E-state index contributed by atoms with van der Waals surface area (Å²) in [4.78, 5) is 4.96. The summed E-state index contributed by atoms with van der Waals surface area (Å²) >= 11 is 13.5. The van der Waals surface area contributed by atoms with Gasteiger partial charge in [0.05, 0.1) is 16.9 Å². The van der Waals surface area contributed by atoms with Crippen molar-refractivity contribution in [3.63, 3.8) is 0 Å². The van der Waals surface area contributed by atoms with Gasteiger partial charge < -0.3 is 0 Å². The summed E-state index contributed by atoms with van der Waals surface area (Å²) in [7, 11) is 0. The molecule has 0 radical (unpaired) electrons. The molecule has 2 aromatic heterocycles. The molecule has 0 atom stereocenters. The summed E-state index contributed by atoms with van der Waals surface area (Å²) in [5.41, 5.74) is 1.71. The van der Waals surface area contributed by atoms with Crippen molar-refractivity contribution in [2.45, 2.75) is 23.5 Å². The molecule has 0 saturated carbocycles. The smallest absolute Gasteiger partial charge is 0.214 e. The van der Waals surface area contributed by atoms with Gasteiger partial charge in [-0.15, -0.1) is 10.2 Å². The van der Waals surface area contributed by atoms with Crippen molar-refractivity contribution in [1.82, 2.24) is 25.0 Å². The van der Waals surface area contributed by atoms with Crippen molar-refractivity contribution in [3.8, 4) is 11.3 Å². The number of aryl methyl sites for hydroxylation is 1. The lowest BCUT2D eigenvalue weighted by atomic mass is 10.1. The molecule has 5 nitrogen and oxygen atoms in total. The van der Waals surface area contributed by atoms with Gasteiger partial charge in [0.15, 0.2) is 5.15 Å². The topological polar surface area (TPSA) is 56.5 Å². The van der Waals surface area contributed by atoms with E-state index in [2.05, 4.69) is 20.3 Å². The van der Waals surface area contributed by atoms with Gasteiger partial charge in [-0.2, -0.15) is 5.10 Å². The van der Waals surface area contributed by atoms with Crippen molar-refractivity contribution < 1.29 is 0 Å². The van der Waals surface area contributed by atoms with Crippen molar-refractivity contribution in [1.29, 1.82) is 0 Å². The van der Waals surface area contributed by atoms with E-state index in [1.165, 1.54) is 18.0 Å². The molecule has 0 amide bonds. The molecule has 22 heavy (non-hydrogen) atoms. The molecule has 0 spiro atoms. The predicted molar refractivity (Wildman–Crippen MR) is 87.3 cm³/mol. The summed E-state index contributed by atoms with van der Waals surface area (Å²) in [5, 5.41) is 13.5. The Morgan fingerprint density at radius 2 is 2.05 bits per heavy atom. The normalized spacial score (nSPS) is 10.9. The monoisotopic (exact) mass is 351 g/mol. The average molecular weight is 352 g/mol. The zero-order valence-electron chi connectivity index (χ0n) is 11.6. The van der Waals surface area contributed by atoms with E-state index in [1.54, 1.807) is 0 Å². The standard InChI is InChI=1S/C14H11Cl2N5S/c1-2-21-7-6-10(20-21)9-4-3-5-11(13(9)16)22-14-17-8-12(15)18-19-14/h3-8H,2H2,1H3. The second-order valence-electron chi connectivity index (χ2n) is 4.34. The first-order valence-corrected chi connectivity index (χ1v) is 8.10. The number of benzene rings is 1. The lowest BCUT2D eigenvalue weighted by molar-refractivity contribution is 0.662. The van der Waals surface area contributed by atoms with Gasteiger partial charge in [-0.1, -0.05) is 35.3 Å². The van der Waals surface area contributed by atoms with E-state index < -0.39 is 0 Å². The Labute approximate surface area is 141 Å². The molecule has 0 aliphatic carbocycles. The molecular weight excluding hydrogens is 341 g/mol. The first-order chi connectivity index (χ1) is 10.7. The third-order valence-electron chi connectivity index (χ3n) is 2.92. The minimum absolute atomic E-state index is 0.259. The lowest BCUT2D eigenvalue weighted by Gasteiger charge is -2.06. The molecule has 0 N–H and O–H groups in total. The van der Waals surface area contributed by atoms with Gasteiger partial charge in [0.1, 0.15) is 0 Å². The van der Waals surface area contributed by atoms with Gasteiger partial charge in [0, 0.05) is 23.2 Å². The van der Waals surface area contributed by atoms with Gasteiger partial charge in [-0.3, -0.25) is 4.68 Å². The first-order valence-electron chi connectivity index (χ1n) is 6.53. The second-order valence-corrected chi connectivity index (χ2v) is 6.11. The van der Waals surface area contributed by atoms with Crippen LogP contribution < -0.4 is 0 Å². The van der Waals surface area contributed by atoms with Crippen molar-refractivity contribution in [2.24, 2.45) is 0 Å². The Bertz CT molecular complexity index is 788. The fourth-order valence-electron chi connectivity index (χ4n) is 1.86. The summed E-state index contributed by atoms with van der Waals surface area (Å²) in [6.07, 6.45) is 3.38. The molecule has 0 aliphatic rings. The number of aromatic nitrogens is 5. The molecule has 1 aromatic carbocycles. The lowest BCUT2D eigenvalue weighted by Crippen LogP contribution is -1.94. The van der Waals surface area contributed by atoms with E-state index in [-0.39, 0.29) is 5.15 Å². The maximum Gasteiger partial charge on any atom is 0.214 e. The highest BCUT2D eigenvalue weighted by molar-refractivity contribution is 7.99. The van der Waals surface area contributed by atoms with Crippen LogP contribution in [0.15, 0.2) is 46.7 Å². The molecule has 112 valence electrons. The third-order valence-corrected chi connectivity index (χ3v) is 4.54. The Balaban J connectivity index is 1.93. The second kappa shape index (κ2) is 6.64. The van der Waals surface area contributed by atoms with Crippen molar-refractivity contribution in [2.75, 3.05) is 0 Å². The summed E-state index contributed by atoms with van der Waals surface area (Å²) in [6.45, 7) is 2.85. The molecule has 0 unspecified atom stereocenters. The first kappa shape index (κ1) is 15.3. The SMILES string of the molecule is CCn1ccc(-c2cccc(Sc3ncc(Cl)nn3)c2Cl)n1. The molecule has 3 rings (SSSR count). The third kappa shape index (κ3) is 3.24. The van der Waals surface area contributed by atoms with E-state index >= 15 is 0 Å². The van der Waals surface area contributed by atoms with Crippen LogP contribution in [0.25, 0.3) is 11.3 Å². The number of halogens is 2.